The smallest absolute Gasteiger partial charge is 0.332 e. The van der Waals surface area contributed by atoms with Crippen LogP contribution in [0.25, 0.3) is 0 Å². The lowest BCUT2D eigenvalue weighted by atomic mass is 9.98. The zero-order chi connectivity index (χ0) is 24.2. The van der Waals surface area contributed by atoms with Gasteiger partial charge in [-0.05, 0) is 42.3 Å². The van der Waals surface area contributed by atoms with E-state index in [1.54, 1.807) is 37.3 Å². The first-order valence-electron chi connectivity index (χ1n) is 9.78. The summed E-state index contributed by atoms with van der Waals surface area (Å²) in [5, 5.41) is 5.05. The number of pyridine rings is 1. The summed E-state index contributed by atoms with van der Waals surface area (Å²) in [5.41, 5.74) is -1.84. The van der Waals surface area contributed by atoms with Gasteiger partial charge in [0.2, 0.25) is 0 Å². The predicted octanol–water partition coefficient (Wildman–Crippen LogP) is 6.27. The number of benzene rings is 2. The zero-order valence-electron chi connectivity index (χ0n) is 17.2. The lowest BCUT2D eigenvalue weighted by Crippen LogP contribution is -2.40. The van der Waals surface area contributed by atoms with Crippen LogP contribution in [0.2, 0.25) is 0 Å². The Labute approximate surface area is 185 Å². The molecule has 10 heteroatoms. The molecule has 2 atom stereocenters. The summed E-state index contributed by atoms with van der Waals surface area (Å²) in [5.74, 6) is 0. The first-order valence-corrected chi connectivity index (χ1v) is 9.78. The van der Waals surface area contributed by atoms with E-state index < -0.39 is 47.3 Å². The van der Waals surface area contributed by atoms with Gasteiger partial charge in [-0.15, -0.1) is 0 Å². The van der Waals surface area contributed by atoms with E-state index in [1.807, 2.05) is 0 Å². The SMILES string of the molecule is C[C@@H](NC(=O)N[C@@H](c1ccc(C(F)(F)F)cc1)c1ncccc1C(F)(F)F)c1ccccc1. The molecular weight excluding hydrogens is 448 g/mol. The van der Waals surface area contributed by atoms with Gasteiger partial charge in [-0.3, -0.25) is 4.98 Å². The van der Waals surface area contributed by atoms with Crippen LogP contribution in [0.4, 0.5) is 31.1 Å². The van der Waals surface area contributed by atoms with E-state index in [9.17, 15) is 31.1 Å². The number of nitrogens with one attached hydrogen (secondary N) is 2. The van der Waals surface area contributed by atoms with Crippen molar-refractivity contribution in [3.05, 3.63) is 101 Å². The predicted molar refractivity (Wildman–Crippen MR) is 109 cm³/mol. The second-order valence-electron chi connectivity index (χ2n) is 7.24. The minimum Gasteiger partial charge on any atom is -0.332 e. The molecule has 1 aromatic heterocycles. The first kappa shape index (κ1) is 24.1. The van der Waals surface area contributed by atoms with Crippen LogP contribution < -0.4 is 10.6 Å². The van der Waals surface area contributed by atoms with Crippen molar-refractivity contribution >= 4 is 6.03 Å². The average molecular weight is 467 g/mol. The summed E-state index contributed by atoms with van der Waals surface area (Å²) in [7, 11) is 0. The molecule has 0 saturated heterocycles. The molecule has 0 radical (unpaired) electrons. The van der Waals surface area contributed by atoms with Crippen molar-refractivity contribution in [2.24, 2.45) is 0 Å². The molecular formula is C23H19F6N3O. The molecule has 2 amide bonds. The fourth-order valence-electron chi connectivity index (χ4n) is 3.26. The summed E-state index contributed by atoms with van der Waals surface area (Å²) in [6, 6.07) is 11.5. The van der Waals surface area contributed by atoms with Crippen LogP contribution in [0.1, 0.15) is 47.0 Å². The van der Waals surface area contributed by atoms with Gasteiger partial charge in [-0.25, -0.2) is 4.79 Å². The maximum absolute atomic E-state index is 13.6. The lowest BCUT2D eigenvalue weighted by molar-refractivity contribution is -0.139. The van der Waals surface area contributed by atoms with Gasteiger partial charge in [0.1, 0.15) is 0 Å². The van der Waals surface area contributed by atoms with Crippen LogP contribution in [0.15, 0.2) is 72.9 Å². The highest BCUT2D eigenvalue weighted by atomic mass is 19.4. The average Bonchev–Trinajstić information content (AvgIpc) is 2.77. The molecule has 0 fully saturated rings. The summed E-state index contributed by atoms with van der Waals surface area (Å²) < 4.78 is 79.6. The highest BCUT2D eigenvalue weighted by molar-refractivity contribution is 5.75. The van der Waals surface area contributed by atoms with Gasteiger partial charge in [0.25, 0.3) is 0 Å². The van der Waals surface area contributed by atoms with Gasteiger partial charge < -0.3 is 10.6 Å². The Hall–Kier alpha value is -3.56. The Kier molecular flexibility index (Phi) is 6.95. The number of halogens is 6. The van der Waals surface area contributed by atoms with E-state index in [0.717, 1.165) is 48.2 Å². The van der Waals surface area contributed by atoms with Gasteiger partial charge >= 0.3 is 18.4 Å². The molecule has 174 valence electrons. The van der Waals surface area contributed by atoms with Crippen LogP contribution >= 0.6 is 0 Å². The van der Waals surface area contributed by atoms with Gasteiger partial charge in [-0.1, -0.05) is 42.5 Å². The van der Waals surface area contributed by atoms with E-state index in [0.29, 0.717) is 0 Å². The molecule has 0 aliphatic rings. The molecule has 4 nitrogen and oxygen atoms in total. The van der Waals surface area contributed by atoms with Gasteiger partial charge in [0.15, 0.2) is 0 Å². The fraction of sp³-hybridized carbons (Fsp3) is 0.217. The second kappa shape index (κ2) is 9.51. The maximum Gasteiger partial charge on any atom is 0.418 e. The first-order chi connectivity index (χ1) is 15.5. The number of urea groups is 1. The Bertz CT molecular complexity index is 1080. The van der Waals surface area contributed by atoms with E-state index >= 15 is 0 Å². The summed E-state index contributed by atoms with van der Waals surface area (Å²) >= 11 is 0. The molecule has 3 aromatic rings. The second-order valence-corrected chi connectivity index (χ2v) is 7.24. The number of aromatic nitrogens is 1. The third-order valence-corrected chi connectivity index (χ3v) is 4.91. The molecule has 0 spiro atoms. The number of nitrogens with zero attached hydrogens (tertiary/aromatic N) is 1. The zero-order valence-corrected chi connectivity index (χ0v) is 17.2. The highest BCUT2D eigenvalue weighted by Gasteiger charge is 2.37. The Morgan fingerprint density at radius 3 is 2.00 bits per heavy atom. The number of amides is 2. The van der Waals surface area contributed by atoms with Gasteiger partial charge in [0.05, 0.1) is 28.9 Å². The minimum atomic E-state index is -4.79. The Balaban J connectivity index is 1.95. The van der Waals surface area contributed by atoms with Crippen LogP contribution in [0.5, 0.6) is 0 Å². The number of carbonyl (C=O) groups excluding carboxylic acids is 1. The number of rotatable bonds is 5. The summed E-state index contributed by atoms with van der Waals surface area (Å²) in [6.07, 6.45) is -8.29. The minimum absolute atomic E-state index is 0.00899. The number of hydrogen-bond acceptors (Lipinski definition) is 2. The number of carbonyl (C=O) groups is 1. The molecule has 1 heterocycles. The van der Waals surface area contributed by atoms with Crippen molar-refractivity contribution in [2.75, 3.05) is 0 Å². The molecule has 2 N–H and O–H groups in total. The van der Waals surface area contributed by atoms with Crippen molar-refractivity contribution in [1.29, 1.82) is 0 Å². The topological polar surface area (TPSA) is 54.0 Å². The van der Waals surface area contributed by atoms with Crippen LogP contribution in [-0.4, -0.2) is 11.0 Å². The Morgan fingerprint density at radius 2 is 1.42 bits per heavy atom. The molecule has 3 rings (SSSR count). The van der Waals surface area contributed by atoms with Crippen molar-refractivity contribution in [2.45, 2.75) is 31.4 Å². The van der Waals surface area contributed by atoms with E-state index in [4.69, 9.17) is 0 Å². The van der Waals surface area contributed by atoms with Crippen LogP contribution in [0.3, 0.4) is 0 Å². The van der Waals surface area contributed by atoms with Crippen molar-refractivity contribution < 1.29 is 31.1 Å². The summed E-state index contributed by atoms with van der Waals surface area (Å²) in [6.45, 7) is 1.68. The molecule has 2 aromatic carbocycles. The third-order valence-electron chi connectivity index (χ3n) is 4.91. The lowest BCUT2D eigenvalue weighted by Gasteiger charge is -2.24. The van der Waals surface area contributed by atoms with Gasteiger partial charge in [0, 0.05) is 6.20 Å². The molecule has 33 heavy (non-hydrogen) atoms. The molecule has 0 bridgehead atoms. The quantitative estimate of drug-likeness (QED) is 0.435. The molecule has 0 aliphatic heterocycles. The number of alkyl halides is 6. The standard InChI is InChI=1S/C23H19F6N3O/c1-14(15-6-3-2-4-7-15)31-21(33)32-19(16-9-11-17(12-10-16)22(24,25)26)20-18(23(27,28)29)8-5-13-30-20/h2-14,19H,1H3,(H2,31,32,33)/t14-,19+/m1/s1. The third kappa shape index (κ3) is 6.03. The highest BCUT2D eigenvalue weighted by Crippen LogP contribution is 2.36. The normalized spacial score (nSPS) is 13.8. The maximum atomic E-state index is 13.6. The largest absolute Gasteiger partial charge is 0.418 e. The van der Waals surface area contributed by atoms with Gasteiger partial charge in [-0.2, -0.15) is 26.3 Å². The van der Waals surface area contributed by atoms with E-state index in [-0.39, 0.29) is 5.56 Å². The summed E-state index contributed by atoms with van der Waals surface area (Å²) in [4.78, 5) is 16.5. The molecule has 0 unspecified atom stereocenters. The van der Waals surface area contributed by atoms with E-state index in [1.165, 1.54) is 0 Å². The molecule has 0 aliphatic carbocycles. The fourth-order valence-corrected chi connectivity index (χ4v) is 3.26. The molecule has 0 saturated carbocycles. The monoisotopic (exact) mass is 467 g/mol. The van der Waals surface area contributed by atoms with Crippen LogP contribution in [-0.2, 0) is 12.4 Å². The van der Waals surface area contributed by atoms with Crippen LogP contribution in [0, 0.1) is 0 Å². The Morgan fingerprint density at radius 1 is 0.788 bits per heavy atom. The van der Waals surface area contributed by atoms with Crippen molar-refractivity contribution in [1.82, 2.24) is 15.6 Å². The van der Waals surface area contributed by atoms with Crippen molar-refractivity contribution in [3.63, 3.8) is 0 Å². The number of hydrogen-bond donors (Lipinski definition) is 2. The van der Waals surface area contributed by atoms with Crippen molar-refractivity contribution in [3.8, 4) is 0 Å². The van der Waals surface area contributed by atoms with E-state index in [2.05, 4.69) is 15.6 Å².